The molecule has 2 aromatic carbocycles. The smallest absolute Gasteiger partial charge is 0.258 e. The summed E-state index contributed by atoms with van der Waals surface area (Å²) in [6.07, 6.45) is 21.1. The molecule has 0 atom stereocenters. The van der Waals surface area contributed by atoms with Crippen LogP contribution in [0.1, 0.15) is 153 Å². The Hall–Kier alpha value is -5.66. The van der Waals surface area contributed by atoms with Crippen molar-refractivity contribution in [3.8, 4) is 23.0 Å². The summed E-state index contributed by atoms with van der Waals surface area (Å²) in [4.78, 5) is 57.5. The number of hydrogen-bond acceptors (Lipinski definition) is 16. The molecule has 4 saturated heterocycles. The number of nitrogens with one attached hydrogen (secondary N) is 2. The molecule has 10 rings (SSSR count). The molecule has 2 aromatic heterocycles. The molecule has 6 aliphatic rings. The van der Waals surface area contributed by atoms with Crippen LogP contribution in [-0.2, 0) is 20.0 Å². The van der Waals surface area contributed by atoms with Gasteiger partial charge < -0.3 is 38.9 Å². The van der Waals surface area contributed by atoms with Gasteiger partial charge in [0.1, 0.15) is 35.8 Å². The second kappa shape index (κ2) is 28.2. The molecule has 4 aliphatic heterocycles. The molecule has 6 heterocycles. The lowest BCUT2D eigenvalue weighted by atomic mass is 9.71. The quantitative estimate of drug-likeness (QED) is 0.0843. The van der Waals surface area contributed by atoms with Gasteiger partial charge in [-0.15, -0.1) is 0 Å². The van der Waals surface area contributed by atoms with Crippen molar-refractivity contribution >= 4 is 43.5 Å². The first kappa shape index (κ1) is 66.8. The molecule has 2 N–H and O–H groups in total. The number of carbonyl (C=O) groups excluding carboxylic acids is 2. The normalized spacial score (nSPS) is 22.3. The van der Waals surface area contributed by atoms with E-state index >= 15 is 0 Å². The monoisotopic (exact) mass is 1260 g/mol. The maximum Gasteiger partial charge on any atom is 0.258 e. The summed E-state index contributed by atoms with van der Waals surface area (Å²) in [6.45, 7) is 25.4. The molecule has 20 nitrogen and oxygen atoms in total. The van der Waals surface area contributed by atoms with Gasteiger partial charge in [-0.2, -0.15) is 0 Å². The van der Waals surface area contributed by atoms with Crippen LogP contribution in [0.2, 0.25) is 0 Å². The predicted octanol–water partition coefficient (Wildman–Crippen LogP) is 9.35. The average Bonchev–Trinajstić information content (AvgIpc) is 0.812. The third kappa shape index (κ3) is 17.0. The van der Waals surface area contributed by atoms with E-state index in [1.165, 1.54) is 61.6 Å². The highest BCUT2D eigenvalue weighted by Gasteiger charge is 2.48. The van der Waals surface area contributed by atoms with Crippen LogP contribution in [0, 0.1) is 34.3 Å². The Morgan fingerprint density at radius 2 is 0.875 bits per heavy atom. The molecule has 88 heavy (non-hydrogen) atoms. The van der Waals surface area contributed by atoms with Crippen LogP contribution in [0.3, 0.4) is 0 Å². The maximum atomic E-state index is 14.3. The van der Waals surface area contributed by atoms with Crippen molar-refractivity contribution in [2.45, 2.75) is 169 Å². The van der Waals surface area contributed by atoms with Gasteiger partial charge in [-0.1, -0.05) is 0 Å². The zero-order valence-corrected chi connectivity index (χ0v) is 54.9. The number of carbonyl (C=O) groups is 2. The standard InChI is InChI=1S/2C32H47FN6O4S/c2*1-22(2)39(23(3)4)31(40)27-16-25(33)8-11-28(27)43-29-17-34-21-35-30(29)38-19-32(20-38)12-14-37(15-13-32)18-24-6-9-26(10-7-24)36-44(5,41)42/h2*8,11,16-17,21-24,26,36H,6-7,9-10,12-15,18-20H2,1-5H3. The summed E-state index contributed by atoms with van der Waals surface area (Å²) in [5.41, 5.74) is 0.827. The Morgan fingerprint density at radius 3 is 1.18 bits per heavy atom. The van der Waals surface area contributed by atoms with E-state index < -0.39 is 31.7 Å². The van der Waals surface area contributed by atoms with Crippen molar-refractivity contribution in [1.82, 2.24) is 49.0 Å². The van der Waals surface area contributed by atoms with E-state index in [0.717, 1.165) is 142 Å². The van der Waals surface area contributed by atoms with Crippen molar-refractivity contribution in [2.75, 3.05) is 87.8 Å². The number of sulfonamides is 2. The number of hydrogen-bond donors (Lipinski definition) is 2. The fourth-order valence-corrected chi connectivity index (χ4v) is 16.2. The summed E-state index contributed by atoms with van der Waals surface area (Å²) >= 11 is 0. The Bertz CT molecular complexity index is 3030. The van der Waals surface area contributed by atoms with E-state index in [4.69, 9.17) is 9.47 Å². The minimum Gasteiger partial charge on any atom is -0.451 e. The lowest BCUT2D eigenvalue weighted by Gasteiger charge is -2.54. The molecule has 0 bridgehead atoms. The molecule has 6 fully saturated rings. The highest BCUT2D eigenvalue weighted by atomic mass is 32.2. The SMILES string of the molecule is CC(C)N(C(=O)c1cc(F)ccc1Oc1cncnc1N1CC2(CCN(CC3CCC(NS(C)(=O)=O)CC3)CC2)C1)C(C)C.CC(C)N(C(=O)c1cc(F)ccc1Oc1cncnc1N1CC2(CCN(CC3CCC(NS(C)(=O)=O)CC3)CC2)C1)C(C)C. The number of aromatic nitrogens is 4. The highest BCUT2D eigenvalue weighted by molar-refractivity contribution is 7.89. The van der Waals surface area contributed by atoms with Gasteiger partial charge in [0.25, 0.3) is 11.8 Å². The fourth-order valence-electron chi connectivity index (χ4n) is 14.5. The Labute approximate surface area is 521 Å². The van der Waals surface area contributed by atoms with Crippen LogP contribution in [0.4, 0.5) is 20.4 Å². The molecular weight excluding hydrogens is 1170 g/mol. The van der Waals surface area contributed by atoms with Gasteiger partial charge in [0, 0.05) is 86.3 Å². The zero-order chi connectivity index (χ0) is 63.3. The topological polar surface area (TPSA) is 216 Å². The molecule has 2 amide bonds. The summed E-state index contributed by atoms with van der Waals surface area (Å²) in [5.74, 6) is 2.51. The van der Waals surface area contributed by atoms with Crippen LogP contribution in [-0.4, -0.2) is 182 Å². The second-order valence-corrected chi connectivity index (χ2v) is 30.8. The molecular formula is C64H94F2N12O8S2. The first-order valence-electron chi connectivity index (χ1n) is 31.7. The van der Waals surface area contributed by atoms with E-state index in [9.17, 15) is 35.2 Å². The van der Waals surface area contributed by atoms with E-state index in [1.807, 2.05) is 55.4 Å². The Balaban J connectivity index is 0.000000209. The molecule has 2 aliphatic carbocycles. The molecule has 2 saturated carbocycles. The van der Waals surface area contributed by atoms with Crippen LogP contribution in [0.5, 0.6) is 23.0 Å². The number of ether oxygens (including phenoxy) is 2. The fraction of sp³-hybridized carbons (Fsp3) is 0.656. The van der Waals surface area contributed by atoms with Crippen LogP contribution < -0.4 is 28.7 Å². The van der Waals surface area contributed by atoms with E-state index in [-0.39, 0.29) is 81.5 Å². The first-order valence-corrected chi connectivity index (χ1v) is 35.5. The number of halogens is 2. The number of rotatable bonds is 20. The number of piperidine rings is 2. The van der Waals surface area contributed by atoms with Gasteiger partial charge in [-0.3, -0.25) is 9.59 Å². The summed E-state index contributed by atoms with van der Waals surface area (Å²) in [5, 5.41) is 0. The first-order chi connectivity index (χ1) is 41.6. The van der Waals surface area contributed by atoms with Crippen LogP contribution in [0.25, 0.3) is 0 Å². The third-order valence-electron chi connectivity index (χ3n) is 18.8. The van der Waals surface area contributed by atoms with E-state index in [0.29, 0.717) is 35.0 Å². The lowest BCUT2D eigenvalue weighted by Crippen LogP contribution is -2.61. The predicted molar refractivity (Wildman–Crippen MR) is 338 cm³/mol. The van der Waals surface area contributed by atoms with Crippen molar-refractivity contribution in [2.24, 2.45) is 22.7 Å². The highest BCUT2D eigenvalue weighted by Crippen LogP contribution is 2.47. The van der Waals surface area contributed by atoms with Gasteiger partial charge in [0.2, 0.25) is 20.0 Å². The molecule has 4 aromatic rings. The van der Waals surface area contributed by atoms with Gasteiger partial charge in [-0.25, -0.2) is 55.0 Å². The number of likely N-dealkylation sites (tertiary alicyclic amines) is 2. The zero-order valence-electron chi connectivity index (χ0n) is 53.3. The minimum atomic E-state index is -3.15. The number of benzene rings is 2. The largest absolute Gasteiger partial charge is 0.451 e. The van der Waals surface area contributed by atoms with Crippen molar-refractivity contribution in [3.63, 3.8) is 0 Å². The number of anilines is 2. The van der Waals surface area contributed by atoms with Crippen molar-refractivity contribution in [3.05, 3.63) is 84.2 Å². The minimum absolute atomic E-state index is 0.0582. The number of amides is 2. The lowest BCUT2D eigenvalue weighted by molar-refractivity contribution is 0.0616. The van der Waals surface area contributed by atoms with Gasteiger partial charge in [0.05, 0.1) is 36.0 Å². The van der Waals surface area contributed by atoms with Crippen LogP contribution >= 0.6 is 0 Å². The van der Waals surface area contributed by atoms with Crippen molar-refractivity contribution < 1.29 is 44.7 Å². The summed E-state index contributed by atoms with van der Waals surface area (Å²) in [6, 6.07) is 8.00. The number of nitrogens with zero attached hydrogens (tertiary/aromatic N) is 10. The van der Waals surface area contributed by atoms with Gasteiger partial charge in [-0.05, 0) is 207 Å². The second-order valence-electron chi connectivity index (χ2n) is 27.2. The molecule has 2 spiro atoms. The van der Waals surface area contributed by atoms with E-state index in [1.54, 1.807) is 22.2 Å². The molecule has 0 radical (unpaired) electrons. The third-order valence-corrected chi connectivity index (χ3v) is 20.3. The Kier molecular flexibility index (Phi) is 21.4. The van der Waals surface area contributed by atoms with Crippen molar-refractivity contribution in [1.29, 1.82) is 0 Å². The average molecular weight is 1260 g/mol. The van der Waals surface area contributed by atoms with E-state index in [2.05, 4.69) is 49.0 Å². The van der Waals surface area contributed by atoms with Gasteiger partial charge >= 0.3 is 0 Å². The Morgan fingerprint density at radius 1 is 0.545 bits per heavy atom. The molecule has 24 heteroatoms. The van der Waals surface area contributed by atoms with Crippen LogP contribution in [0.15, 0.2) is 61.4 Å². The summed E-state index contributed by atoms with van der Waals surface area (Å²) in [7, 11) is -6.29. The van der Waals surface area contributed by atoms with Gasteiger partial charge in [0.15, 0.2) is 23.1 Å². The molecule has 0 unspecified atom stereocenters. The molecule has 484 valence electrons. The summed E-state index contributed by atoms with van der Waals surface area (Å²) < 4.78 is 93.0. The maximum absolute atomic E-state index is 14.3.